The van der Waals surface area contributed by atoms with E-state index in [9.17, 15) is 0 Å². The van der Waals surface area contributed by atoms with Crippen molar-refractivity contribution in [2.24, 2.45) is 0 Å². The summed E-state index contributed by atoms with van der Waals surface area (Å²) < 4.78 is 6.07. The van der Waals surface area contributed by atoms with Gasteiger partial charge in [0, 0.05) is 24.2 Å². The zero-order chi connectivity index (χ0) is 17.9. The average Bonchev–Trinajstić information content (AvgIpc) is 2.93. The molecule has 1 aromatic carbocycles. The van der Waals surface area contributed by atoms with E-state index < -0.39 is 0 Å². The highest BCUT2D eigenvalue weighted by molar-refractivity contribution is 5.85. The largest absolute Gasteiger partial charge is 0.435 e. The van der Waals surface area contributed by atoms with Crippen LogP contribution in [0.2, 0.25) is 0 Å². The van der Waals surface area contributed by atoms with Crippen molar-refractivity contribution in [1.29, 1.82) is 0 Å². The van der Waals surface area contributed by atoms with Crippen molar-refractivity contribution in [3.63, 3.8) is 0 Å². The quantitative estimate of drug-likeness (QED) is 0.767. The van der Waals surface area contributed by atoms with Crippen molar-refractivity contribution in [2.45, 2.75) is 32.6 Å². The van der Waals surface area contributed by atoms with Crippen LogP contribution in [0.5, 0.6) is 11.6 Å². The minimum Gasteiger partial charge on any atom is -0.435 e. The molecule has 1 aliphatic rings. The number of fused-ring (bicyclic) bond motifs is 1. The number of anilines is 2. The Hall–Kier alpha value is -2.89. The van der Waals surface area contributed by atoms with Crippen LogP contribution < -0.4 is 15.4 Å². The van der Waals surface area contributed by atoms with E-state index in [1.54, 1.807) is 0 Å². The van der Waals surface area contributed by atoms with Gasteiger partial charge in [-0.05, 0) is 31.9 Å². The predicted molar refractivity (Wildman–Crippen MR) is 104 cm³/mol. The molecule has 2 N–H and O–H groups in total. The van der Waals surface area contributed by atoms with Gasteiger partial charge in [0.1, 0.15) is 17.5 Å². The van der Waals surface area contributed by atoms with Crippen LogP contribution in [0.25, 0.3) is 10.9 Å². The maximum absolute atomic E-state index is 6.37. The number of nitrogens with zero attached hydrogens (tertiary/aromatic N) is 4. The molecule has 6 nitrogen and oxygen atoms in total. The van der Waals surface area contributed by atoms with E-state index in [0.29, 0.717) is 17.3 Å². The first-order valence-electron chi connectivity index (χ1n) is 9.12. The van der Waals surface area contributed by atoms with Crippen LogP contribution in [0.3, 0.4) is 0 Å². The molecular weight excluding hydrogens is 326 g/mol. The van der Waals surface area contributed by atoms with Crippen molar-refractivity contribution < 1.29 is 4.74 Å². The number of pyridine rings is 1. The van der Waals surface area contributed by atoms with Gasteiger partial charge in [0.2, 0.25) is 5.88 Å². The zero-order valence-corrected chi connectivity index (χ0v) is 15.0. The minimum absolute atomic E-state index is 0.384. The van der Waals surface area contributed by atoms with Crippen LogP contribution in [-0.2, 0) is 0 Å². The maximum Gasteiger partial charge on any atom is 0.248 e. The fourth-order valence-corrected chi connectivity index (χ4v) is 3.39. The number of hydrogen-bond acceptors (Lipinski definition) is 6. The van der Waals surface area contributed by atoms with Gasteiger partial charge >= 0.3 is 0 Å². The van der Waals surface area contributed by atoms with Crippen LogP contribution in [0, 0.1) is 6.92 Å². The standard InChI is InChI=1S/C20H23N5O/c1-14-9-10-15-7-6-8-16(18(15)24-14)26-20-17(21)19(22-13-23-20)25-11-4-2-3-5-12-25/h6-10,13H,2-5,11-12,21H2,1H3. The molecule has 3 heterocycles. The number of nitrogen functional groups attached to an aromatic ring is 1. The highest BCUT2D eigenvalue weighted by Crippen LogP contribution is 2.34. The molecule has 0 spiro atoms. The third kappa shape index (κ3) is 3.27. The maximum atomic E-state index is 6.37. The number of hydrogen-bond donors (Lipinski definition) is 1. The van der Waals surface area contributed by atoms with Crippen molar-refractivity contribution in [3.8, 4) is 11.6 Å². The van der Waals surface area contributed by atoms with Gasteiger partial charge in [0.25, 0.3) is 0 Å². The topological polar surface area (TPSA) is 77.2 Å². The normalized spacial score (nSPS) is 15.0. The van der Waals surface area contributed by atoms with Gasteiger partial charge in [0.05, 0.1) is 0 Å². The second-order valence-corrected chi connectivity index (χ2v) is 6.70. The van der Waals surface area contributed by atoms with Gasteiger partial charge < -0.3 is 15.4 Å². The SMILES string of the molecule is Cc1ccc2cccc(Oc3ncnc(N4CCCCCC4)c3N)c2n1. The molecule has 1 aliphatic heterocycles. The zero-order valence-electron chi connectivity index (χ0n) is 15.0. The molecule has 0 unspecified atom stereocenters. The van der Waals surface area contributed by atoms with Gasteiger partial charge in [-0.15, -0.1) is 0 Å². The van der Waals surface area contributed by atoms with E-state index in [0.717, 1.165) is 48.3 Å². The van der Waals surface area contributed by atoms with Crippen molar-refractivity contribution in [3.05, 3.63) is 42.4 Å². The Bertz CT molecular complexity index is 919. The minimum atomic E-state index is 0.384. The summed E-state index contributed by atoms with van der Waals surface area (Å²) in [4.78, 5) is 15.5. The van der Waals surface area contributed by atoms with Crippen LogP contribution in [0.4, 0.5) is 11.5 Å². The number of ether oxygens (including phenoxy) is 1. The van der Waals surface area contributed by atoms with Gasteiger partial charge in [-0.25, -0.2) is 9.97 Å². The first kappa shape index (κ1) is 16.6. The molecule has 6 heteroatoms. The summed E-state index contributed by atoms with van der Waals surface area (Å²) in [6.45, 7) is 3.90. The Kier molecular flexibility index (Phi) is 4.56. The van der Waals surface area contributed by atoms with Crippen molar-refractivity contribution in [2.75, 3.05) is 23.7 Å². The highest BCUT2D eigenvalue weighted by atomic mass is 16.5. The number of rotatable bonds is 3. The summed E-state index contributed by atoms with van der Waals surface area (Å²) in [5.41, 5.74) is 8.61. The van der Waals surface area contributed by atoms with Crippen LogP contribution in [-0.4, -0.2) is 28.0 Å². The van der Waals surface area contributed by atoms with Crippen molar-refractivity contribution in [1.82, 2.24) is 15.0 Å². The molecular formula is C20H23N5O. The van der Waals surface area contributed by atoms with Crippen molar-refractivity contribution >= 4 is 22.4 Å². The molecule has 1 saturated heterocycles. The Balaban J connectivity index is 1.69. The van der Waals surface area contributed by atoms with Crippen LogP contribution in [0.15, 0.2) is 36.7 Å². The summed E-state index contributed by atoms with van der Waals surface area (Å²) in [5, 5.41) is 1.02. The van der Waals surface area contributed by atoms with Gasteiger partial charge in [0.15, 0.2) is 11.6 Å². The fraction of sp³-hybridized carbons (Fsp3) is 0.350. The van der Waals surface area contributed by atoms with E-state index in [-0.39, 0.29) is 0 Å². The highest BCUT2D eigenvalue weighted by Gasteiger charge is 2.18. The van der Waals surface area contributed by atoms with E-state index in [4.69, 9.17) is 10.5 Å². The predicted octanol–water partition coefficient (Wildman–Crippen LogP) is 4.09. The van der Waals surface area contributed by atoms with Gasteiger partial charge in [-0.2, -0.15) is 4.98 Å². The summed E-state index contributed by atoms with van der Waals surface area (Å²) in [5.74, 6) is 1.80. The van der Waals surface area contributed by atoms with Crippen LogP contribution in [0.1, 0.15) is 31.4 Å². The molecule has 2 aromatic heterocycles. The van der Waals surface area contributed by atoms with Crippen LogP contribution >= 0.6 is 0 Å². The first-order chi connectivity index (χ1) is 12.7. The number of aromatic nitrogens is 3. The van der Waals surface area contributed by atoms with E-state index in [1.807, 2.05) is 37.3 Å². The molecule has 0 aliphatic carbocycles. The molecule has 1 fully saturated rings. The lowest BCUT2D eigenvalue weighted by Crippen LogP contribution is -2.26. The molecule has 0 radical (unpaired) electrons. The van der Waals surface area contributed by atoms with Gasteiger partial charge in [-0.3, -0.25) is 0 Å². The van der Waals surface area contributed by atoms with E-state index in [2.05, 4.69) is 19.9 Å². The lowest BCUT2D eigenvalue weighted by atomic mass is 10.2. The molecule has 3 aromatic rings. The first-order valence-corrected chi connectivity index (χ1v) is 9.12. The molecule has 0 bridgehead atoms. The number of benzene rings is 1. The lowest BCUT2D eigenvalue weighted by Gasteiger charge is -2.23. The summed E-state index contributed by atoms with van der Waals surface area (Å²) in [7, 11) is 0. The molecule has 134 valence electrons. The molecule has 26 heavy (non-hydrogen) atoms. The fourth-order valence-electron chi connectivity index (χ4n) is 3.39. The average molecular weight is 349 g/mol. The Morgan fingerprint density at radius 1 is 1.00 bits per heavy atom. The van der Waals surface area contributed by atoms with E-state index in [1.165, 1.54) is 19.2 Å². The third-order valence-electron chi connectivity index (χ3n) is 4.76. The number of aryl methyl sites for hydroxylation is 1. The molecule has 0 amide bonds. The molecule has 0 saturated carbocycles. The third-order valence-corrected chi connectivity index (χ3v) is 4.76. The molecule has 0 atom stereocenters. The monoisotopic (exact) mass is 349 g/mol. The Morgan fingerprint density at radius 2 is 1.81 bits per heavy atom. The number of nitrogens with two attached hydrogens (primary N) is 1. The second kappa shape index (κ2) is 7.15. The summed E-state index contributed by atoms with van der Waals surface area (Å²) in [6, 6.07) is 9.88. The molecule has 4 rings (SSSR count). The summed E-state index contributed by atoms with van der Waals surface area (Å²) >= 11 is 0. The summed E-state index contributed by atoms with van der Waals surface area (Å²) in [6.07, 6.45) is 6.35. The second-order valence-electron chi connectivity index (χ2n) is 6.70. The van der Waals surface area contributed by atoms with Gasteiger partial charge in [-0.1, -0.05) is 31.0 Å². The lowest BCUT2D eigenvalue weighted by molar-refractivity contribution is 0.468. The smallest absolute Gasteiger partial charge is 0.248 e. The van der Waals surface area contributed by atoms with E-state index >= 15 is 0 Å². The number of para-hydroxylation sites is 1. The Labute approximate surface area is 153 Å². The Morgan fingerprint density at radius 3 is 2.62 bits per heavy atom.